The Morgan fingerprint density at radius 1 is 0.880 bits per heavy atom. The zero-order valence-corrected chi connectivity index (χ0v) is 29.3. The molecule has 0 bridgehead atoms. The van der Waals surface area contributed by atoms with E-state index in [1.165, 1.54) is 0 Å². The van der Waals surface area contributed by atoms with Gasteiger partial charge in [-0.05, 0) is 77.4 Å². The standard InChI is InChI=1S/C40H40Cl2N2O6/c1-49-29-16-13-26(14-17-29)24-50-36(46)22-27-8-6-7-25(21-27)19-20-43-39(47)37-30-9-2-3-10-31(30)40(48)44(34-11-4-5-12-35(34)45)38(37)32-18-15-28(41)23-33(32)42/h2-3,6-10,13-18,21,23,34-35,37-38,45H,4-5,11-12,19-20,22,24H2,1H3,(H,43,47). The molecule has 2 N–H and O–H groups in total. The van der Waals surface area contributed by atoms with Crippen LogP contribution < -0.4 is 10.1 Å². The molecule has 1 aliphatic carbocycles. The molecular weight excluding hydrogens is 675 g/mol. The first-order chi connectivity index (χ1) is 24.2. The summed E-state index contributed by atoms with van der Waals surface area (Å²) in [4.78, 5) is 42.8. The van der Waals surface area contributed by atoms with E-state index in [9.17, 15) is 19.5 Å². The number of rotatable bonds is 11. The van der Waals surface area contributed by atoms with E-state index in [-0.39, 0.29) is 30.8 Å². The molecule has 0 aromatic heterocycles. The van der Waals surface area contributed by atoms with Crippen molar-refractivity contribution in [3.63, 3.8) is 0 Å². The van der Waals surface area contributed by atoms with Crippen LogP contribution in [0.5, 0.6) is 5.75 Å². The summed E-state index contributed by atoms with van der Waals surface area (Å²) in [5.41, 5.74) is 4.29. The maximum absolute atomic E-state index is 14.3. The van der Waals surface area contributed by atoms with Crippen molar-refractivity contribution in [1.29, 1.82) is 0 Å². The number of nitrogens with one attached hydrogen (secondary N) is 1. The van der Waals surface area contributed by atoms with E-state index in [4.69, 9.17) is 32.7 Å². The number of nitrogens with zero attached hydrogens (tertiary/aromatic N) is 1. The Bertz CT molecular complexity index is 1850. The third kappa shape index (κ3) is 7.99. The Kier molecular flexibility index (Phi) is 11.4. The Balaban J connectivity index is 1.18. The Morgan fingerprint density at radius 2 is 1.64 bits per heavy atom. The van der Waals surface area contributed by atoms with Crippen LogP contribution >= 0.6 is 23.2 Å². The number of methoxy groups -OCH3 is 1. The summed E-state index contributed by atoms with van der Waals surface area (Å²) < 4.78 is 10.7. The molecular formula is C40H40Cl2N2O6. The molecule has 1 fully saturated rings. The highest BCUT2D eigenvalue weighted by Gasteiger charge is 2.48. The van der Waals surface area contributed by atoms with Crippen molar-refractivity contribution in [2.24, 2.45) is 0 Å². The van der Waals surface area contributed by atoms with Gasteiger partial charge in [0, 0.05) is 22.2 Å². The maximum atomic E-state index is 14.3. The Hall–Kier alpha value is -4.37. The number of hydrogen-bond acceptors (Lipinski definition) is 6. The van der Waals surface area contributed by atoms with Gasteiger partial charge in [0.25, 0.3) is 5.91 Å². The van der Waals surface area contributed by atoms with E-state index in [2.05, 4.69) is 5.32 Å². The number of amides is 2. The van der Waals surface area contributed by atoms with Gasteiger partial charge in [0.1, 0.15) is 12.4 Å². The quantitative estimate of drug-likeness (QED) is 0.159. The molecule has 0 spiro atoms. The minimum absolute atomic E-state index is 0.121. The Morgan fingerprint density at radius 3 is 2.40 bits per heavy atom. The molecule has 1 heterocycles. The van der Waals surface area contributed by atoms with E-state index in [1.54, 1.807) is 42.3 Å². The number of benzene rings is 4. The van der Waals surface area contributed by atoms with Crippen molar-refractivity contribution in [2.45, 2.75) is 69.2 Å². The first kappa shape index (κ1) is 35.5. The molecule has 0 saturated heterocycles. The van der Waals surface area contributed by atoms with Gasteiger partial charge in [0.2, 0.25) is 5.91 Å². The number of aliphatic hydroxyl groups excluding tert-OH is 1. The first-order valence-electron chi connectivity index (χ1n) is 16.9. The topological polar surface area (TPSA) is 105 Å². The van der Waals surface area contributed by atoms with Crippen LogP contribution in [0.2, 0.25) is 10.0 Å². The van der Waals surface area contributed by atoms with Crippen LogP contribution in [0.25, 0.3) is 0 Å². The van der Waals surface area contributed by atoms with Gasteiger partial charge in [-0.1, -0.05) is 96.7 Å². The van der Waals surface area contributed by atoms with Gasteiger partial charge < -0.3 is 24.8 Å². The van der Waals surface area contributed by atoms with E-state index < -0.39 is 24.1 Å². The molecule has 260 valence electrons. The zero-order chi connectivity index (χ0) is 35.2. The number of aliphatic hydroxyl groups is 1. The smallest absolute Gasteiger partial charge is 0.310 e. The molecule has 2 amide bonds. The minimum Gasteiger partial charge on any atom is -0.497 e. The van der Waals surface area contributed by atoms with Gasteiger partial charge >= 0.3 is 5.97 Å². The lowest BCUT2D eigenvalue weighted by atomic mass is 9.76. The van der Waals surface area contributed by atoms with Crippen LogP contribution in [-0.2, 0) is 33.8 Å². The van der Waals surface area contributed by atoms with Crippen molar-refractivity contribution >= 4 is 41.0 Å². The molecule has 2 aliphatic rings. The normalized spacial score (nSPS) is 20.2. The molecule has 10 heteroatoms. The van der Waals surface area contributed by atoms with Crippen LogP contribution in [0.15, 0.2) is 91.0 Å². The van der Waals surface area contributed by atoms with Gasteiger partial charge in [-0.3, -0.25) is 14.4 Å². The molecule has 6 rings (SSSR count). The molecule has 4 aromatic rings. The number of carbonyl (C=O) groups is 3. The summed E-state index contributed by atoms with van der Waals surface area (Å²) in [5, 5.41) is 15.1. The average molecular weight is 716 g/mol. The predicted molar refractivity (Wildman–Crippen MR) is 192 cm³/mol. The van der Waals surface area contributed by atoms with Crippen molar-refractivity contribution < 1.29 is 29.0 Å². The largest absolute Gasteiger partial charge is 0.497 e. The highest BCUT2D eigenvalue weighted by Crippen LogP contribution is 2.47. The predicted octanol–water partition coefficient (Wildman–Crippen LogP) is 7.23. The molecule has 8 nitrogen and oxygen atoms in total. The van der Waals surface area contributed by atoms with Crippen molar-refractivity contribution in [2.75, 3.05) is 13.7 Å². The lowest BCUT2D eigenvalue weighted by molar-refractivity contribution is -0.144. The number of carbonyl (C=O) groups excluding carboxylic acids is 3. The number of hydrogen-bond donors (Lipinski definition) is 2. The average Bonchev–Trinajstić information content (AvgIpc) is 3.11. The minimum atomic E-state index is -0.788. The second-order valence-corrected chi connectivity index (χ2v) is 13.7. The molecule has 50 heavy (non-hydrogen) atoms. The van der Waals surface area contributed by atoms with Crippen molar-refractivity contribution in [3.05, 3.63) is 134 Å². The summed E-state index contributed by atoms with van der Waals surface area (Å²) in [6, 6.07) is 26.1. The molecule has 0 radical (unpaired) electrons. The monoisotopic (exact) mass is 714 g/mol. The summed E-state index contributed by atoms with van der Waals surface area (Å²) in [7, 11) is 1.60. The number of halogens is 2. The molecule has 1 aliphatic heterocycles. The lowest BCUT2D eigenvalue weighted by Gasteiger charge is -2.48. The SMILES string of the molecule is COc1ccc(COC(=O)Cc2cccc(CCNC(=O)C3c4ccccc4C(=O)N(C4CCCCC4O)C3c3ccc(Cl)cc3Cl)c2)cc1. The van der Waals surface area contributed by atoms with Crippen LogP contribution in [0.4, 0.5) is 0 Å². The second kappa shape index (κ2) is 16.1. The third-order valence-electron chi connectivity index (χ3n) is 9.60. The molecule has 1 saturated carbocycles. The third-order valence-corrected chi connectivity index (χ3v) is 10.2. The van der Waals surface area contributed by atoms with Crippen molar-refractivity contribution in [3.8, 4) is 5.75 Å². The van der Waals surface area contributed by atoms with E-state index in [1.807, 2.05) is 60.7 Å². The van der Waals surface area contributed by atoms with Gasteiger partial charge in [-0.2, -0.15) is 0 Å². The fraction of sp³-hybridized carbons (Fsp3) is 0.325. The first-order valence-corrected chi connectivity index (χ1v) is 17.7. The maximum Gasteiger partial charge on any atom is 0.310 e. The Labute approximate surface area is 302 Å². The zero-order valence-electron chi connectivity index (χ0n) is 27.8. The summed E-state index contributed by atoms with van der Waals surface area (Å²) >= 11 is 13.1. The summed E-state index contributed by atoms with van der Waals surface area (Å²) in [5.74, 6) is -0.876. The van der Waals surface area contributed by atoms with Crippen molar-refractivity contribution in [1.82, 2.24) is 10.2 Å². The number of ether oxygens (including phenoxy) is 2. The molecule has 4 unspecified atom stereocenters. The van der Waals surface area contributed by atoms with E-state index in [0.29, 0.717) is 52.5 Å². The van der Waals surface area contributed by atoms with E-state index >= 15 is 0 Å². The van der Waals surface area contributed by atoms with Crippen LogP contribution in [0, 0.1) is 0 Å². The highest BCUT2D eigenvalue weighted by atomic mass is 35.5. The second-order valence-electron chi connectivity index (χ2n) is 12.9. The summed E-state index contributed by atoms with van der Waals surface area (Å²) in [6.45, 7) is 0.494. The van der Waals surface area contributed by atoms with Crippen LogP contribution in [0.3, 0.4) is 0 Å². The lowest BCUT2D eigenvalue weighted by Crippen LogP contribution is -2.55. The number of fused-ring (bicyclic) bond motifs is 1. The molecule has 4 atom stereocenters. The summed E-state index contributed by atoms with van der Waals surface area (Å²) in [6.07, 6.45) is 2.86. The fourth-order valence-corrected chi connectivity index (χ4v) is 7.65. The number of esters is 1. The van der Waals surface area contributed by atoms with Gasteiger partial charge in [0.15, 0.2) is 0 Å². The molecule has 4 aromatic carbocycles. The van der Waals surface area contributed by atoms with Gasteiger partial charge in [-0.15, -0.1) is 0 Å². The van der Waals surface area contributed by atoms with Crippen LogP contribution in [0.1, 0.15) is 75.8 Å². The van der Waals surface area contributed by atoms with E-state index in [0.717, 1.165) is 35.3 Å². The van der Waals surface area contributed by atoms with Crippen LogP contribution in [-0.4, -0.2) is 53.6 Å². The highest BCUT2D eigenvalue weighted by molar-refractivity contribution is 6.35. The van der Waals surface area contributed by atoms with Gasteiger partial charge in [0.05, 0.1) is 37.6 Å². The fourth-order valence-electron chi connectivity index (χ4n) is 7.13. The van der Waals surface area contributed by atoms with Gasteiger partial charge in [-0.25, -0.2) is 0 Å².